The lowest BCUT2D eigenvalue weighted by Crippen LogP contribution is -2.72. The van der Waals surface area contributed by atoms with Gasteiger partial charge in [-0.2, -0.15) is 0 Å². The van der Waals surface area contributed by atoms with E-state index >= 15 is 0 Å². The molecule has 2 bridgehead atoms. The van der Waals surface area contributed by atoms with Crippen molar-refractivity contribution in [2.24, 2.45) is 17.3 Å². The van der Waals surface area contributed by atoms with Gasteiger partial charge in [0.15, 0.2) is 0 Å². The lowest BCUT2D eigenvalue weighted by Gasteiger charge is -2.67. The fourth-order valence-electron chi connectivity index (χ4n) is 5.83. The molecule has 28 heavy (non-hydrogen) atoms. The van der Waals surface area contributed by atoms with Crippen LogP contribution in [0.4, 0.5) is 0 Å². The number of phenolic OH excluding ortho intramolecular Hbond substituents is 1. The molecule has 3 N–H and O–H groups in total. The molecule has 1 saturated heterocycles. The van der Waals surface area contributed by atoms with Crippen LogP contribution in [0.3, 0.4) is 0 Å². The molecule has 1 amide bonds. The number of benzene rings is 1. The molecule has 4 fully saturated rings. The molecule has 7 heteroatoms. The van der Waals surface area contributed by atoms with Gasteiger partial charge >= 0.3 is 0 Å². The van der Waals surface area contributed by atoms with E-state index in [1.807, 2.05) is 0 Å². The molecular weight excluding hydrogens is 362 g/mol. The first-order chi connectivity index (χ1) is 13.3. The summed E-state index contributed by atoms with van der Waals surface area (Å²) < 4.78 is 11.5. The molecule has 0 spiro atoms. The zero-order valence-electron chi connectivity index (χ0n) is 16.2. The molecule has 1 aromatic rings. The molecule has 0 radical (unpaired) electrons. The first kappa shape index (κ1) is 18.2. The van der Waals surface area contributed by atoms with E-state index in [9.17, 15) is 20.1 Å². The van der Waals surface area contributed by atoms with Gasteiger partial charge in [-0.15, -0.1) is 0 Å². The zero-order chi connectivity index (χ0) is 19.8. The summed E-state index contributed by atoms with van der Waals surface area (Å²) in [7, 11) is 0. The van der Waals surface area contributed by atoms with Gasteiger partial charge in [-0.1, -0.05) is 13.8 Å². The lowest BCUT2D eigenvalue weighted by atomic mass is 9.42. The van der Waals surface area contributed by atoms with Gasteiger partial charge < -0.3 is 29.7 Å². The number of nitrogens with zero attached hydrogens (tertiary/aromatic N) is 1. The number of hydrogen-bond donors (Lipinski definition) is 3. The maximum absolute atomic E-state index is 13.1. The molecule has 2 heterocycles. The summed E-state index contributed by atoms with van der Waals surface area (Å²) in [5, 5.41) is 33.2. The van der Waals surface area contributed by atoms with Gasteiger partial charge in [0.2, 0.25) is 0 Å². The normalized spacial score (nSPS) is 37.9. The van der Waals surface area contributed by atoms with E-state index in [0.29, 0.717) is 44.2 Å². The number of aromatic hydroxyl groups is 1. The summed E-state index contributed by atoms with van der Waals surface area (Å²) in [6, 6.07) is 2.96. The highest BCUT2D eigenvalue weighted by Gasteiger charge is 2.69. The Balaban J connectivity index is 1.57. The first-order valence-corrected chi connectivity index (χ1v) is 10.1. The molecule has 5 aliphatic rings. The first-order valence-electron chi connectivity index (χ1n) is 10.1. The fraction of sp³-hybridized carbons (Fsp3) is 0.667. The van der Waals surface area contributed by atoms with Crippen molar-refractivity contribution in [3.05, 3.63) is 23.3 Å². The van der Waals surface area contributed by atoms with Gasteiger partial charge in [-0.3, -0.25) is 4.79 Å². The van der Waals surface area contributed by atoms with Crippen molar-refractivity contribution < 1.29 is 29.6 Å². The lowest BCUT2D eigenvalue weighted by molar-refractivity contribution is -0.289. The SMILES string of the molecule is CC1(C)[C@@H]2C[C@H]1[C@@]1(O)[C@@H](C2)Oc2c(ccc(O)c2C(=O)N2CCOCC2)[C@@H]1O. The third-order valence-electron chi connectivity index (χ3n) is 7.71. The Morgan fingerprint density at radius 1 is 1.21 bits per heavy atom. The van der Waals surface area contributed by atoms with Gasteiger partial charge in [0.05, 0.1) is 13.2 Å². The Labute approximate surface area is 163 Å². The Kier molecular flexibility index (Phi) is 3.80. The maximum Gasteiger partial charge on any atom is 0.261 e. The molecule has 3 aliphatic carbocycles. The van der Waals surface area contributed by atoms with Crippen molar-refractivity contribution in [3.63, 3.8) is 0 Å². The minimum absolute atomic E-state index is 0.0591. The quantitative estimate of drug-likeness (QED) is 0.673. The Hall–Kier alpha value is -1.83. The predicted molar refractivity (Wildman–Crippen MR) is 99.1 cm³/mol. The zero-order valence-corrected chi connectivity index (χ0v) is 16.2. The molecule has 2 aliphatic heterocycles. The molecule has 3 saturated carbocycles. The van der Waals surface area contributed by atoms with Gasteiger partial charge in [-0.05, 0) is 42.2 Å². The standard InChI is InChI=1S/C21H27NO6/c1-20(2)11-9-14(20)21(26)15(10-11)28-17-12(18(21)24)3-4-13(23)16(17)19(25)22-5-7-27-8-6-22/h3-4,11,14-15,18,23-24,26H,5-10H2,1-2H3/t11-,14-,15-,18+,21-/m1/s1. The molecular formula is C21H27NO6. The largest absolute Gasteiger partial charge is 0.507 e. The summed E-state index contributed by atoms with van der Waals surface area (Å²) in [4.78, 5) is 14.7. The van der Waals surface area contributed by atoms with Gasteiger partial charge in [0.1, 0.15) is 34.9 Å². The molecule has 0 aromatic heterocycles. The smallest absolute Gasteiger partial charge is 0.261 e. The second-order valence-electron chi connectivity index (χ2n) is 9.22. The van der Waals surface area contributed by atoms with Crippen LogP contribution >= 0.6 is 0 Å². The minimum Gasteiger partial charge on any atom is -0.507 e. The number of fused-ring (bicyclic) bond motifs is 1. The third-order valence-corrected chi connectivity index (χ3v) is 7.71. The average Bonchev–Trinajstić information content (AvgIpc) is 2.68. The van der Waals surface area contributed by atoms with E-state index in [1.165, 1.54) is 6.07 Å². The van der Waals surface area contributed by atoms with Crippen LogP contribution in [-0.2, 0) is 4.74 Å². The topological polar surface area (TPSA) is 99.5 Å². The van der Waals surface area contributed by atoms with Crippen LogP contribution < -0.4 is 4.74 Å². The van der Waals surface area contributed by atoms with Crippen LogP contribution in [0.25, 0.3) is 0 Å². The van der Waals surface area contributed by atoms with Crippen LogP contribution in [0.2, 0.25) is 0 Å². The molecule has 7 nitrogen and oxygen atoms in total. The fourth-order valence-corrected chi connectivity index (χ4v) is 5.83. The predicted octanol–water partition coefficient (Wildman–Crippen LogP) is 1.46. The number of morpholine rings is 1. The van der Waals surface area contributed by atoms with Crippen molar-refractivity contribution >= 4 is 5.91 Å². The van der Waals surface area contributed by atoms with Crippen molar-refractivity contribution in [2.45, 2.75) is 44.5 Å². The van der Waals surface area contributed by atoms with Crippen molar-refractivity contribution in [3.8, 4) is 11.5 Å². The highest BCUT2D eigenvalue weighted by Crippen LogP contribution is 2.67. The number of phenols is 1. The number of aliphatic hydroxyl groups excluding tert-OH is 1. The second kappa shape index (κ2) is 5.84. The maximum atomic E-state index is 13.1. The third kappa shape index (κ3) is 2.18. The number of rotatable bonds is 1. The molecule has 152 valence electrons. The van der Waals surface area contributed by atoms with Gasteiger partial charge in [0.25, 0.3) is 5.91 Å². The monoisotopic (exact) mass is 389 g/mol. The van der Waals surface area contributed by atoms with Gasteiger partial charge in [0, 0.05) is 18.7 Å². The second-order valence-corrected chi connectivity index (χ2v) is 9.22. The van der Waals surface area contributed by atoms with Crippen LogP contribution in [0.15, 0.2) is 12.1 Å². The Morgan fingerprint density at radius 3 is 2.61 bits per heavy atom. The van der Waals surface area contributed by atoms with Crippen LogP contribution in [-0.4, -0.2) is 64.1 Å². The van der Waals surface area contributed by atoms with Crippen molar-refractivity contribution in [1.29, 1.82) is 0 Å². The van der Waals surface area contributed by atoms with Crippen molar-refractivity contribution in [1.82, 2.24) is 4.90 Å². The van der Waals surface area contributed by atoms with Crippen molar-refractivity contribution in [2.75, 3.05) is 26.3 Å². The van der Waals surface area contributed by atoms with E-state index in [0.717, 1.165) is 6.42 Å². The number of carbonyl (C=O) groups is 1. The molecule has 0 unspecified atom stereocenters. The van der Waals surface area contributed by atoms with E-state index in [2.05, 4.69) is 13.8 Å². The summed E-state index contributed by atoms with van der Waals surface area (Å²) in [6.07, 6.45) is -0.265. The van der Waals surface area contributed by atoms with Gasteiger partial charge in [-0.25, -0.2) is 0 Å². The molecule has 5 atom stereocenters. The highest BCUT2D eigenvalue weighted by atomic mass is 16.5. The molecule has 6 rings (SSSR count). The van der Waals surface area contributed by atoms with Crippen LogP contribution in [0.5, 0.6) is 11.5 Å². The Morgan fingerprint density at radius 2 is 1.93 bits per heavy atom. The van der Waals surface area contributed by atoms with E-state index in [4.69, 9.17) is 9.47 Å². The highest BCUT2D eigenvalue weighted by molar-refractivity contribution is 6.00. The van der Waals surface area contributed by atoms with E-state index in [1.54, 1.807) is 11.0 Å². The number of carbonyl (C=O) groups excluding carboxylic acids is 1. The summed E-state index contributed by atoms with van der Waals surface area (Å²) in [5.74, 6) is 0.0369. The summed E-state index contributed by atoms with van der Waals surface area (Å²) in [6.45, 7) is 6.04. The molecule has 1 aromatic carbocycles. The Bertz CT molecular complexity index is 832. The number of amides is 1. The number of aliphatic hydroxyl groups is 2. The van der Waals surface area contributed by atoms with E-state index < -0.39 is 17.8 Å². The average molecular weight is 389 g/mol. The summed E-state index contributed by atoms with van der Waals surface area (Å²) >= 11 is 0. The number of ether oxygens (including phenoxy) is 2. The van der Waals surface area contributed by atoms with Crippen LogP contribution in [0.1, 0.15) is 48.7 Å². The number of hydrogen-bond acceptors (Lipinski definition) is 6. The summed E-state index contributed by atoms with van der Waals surface area (Å²) in [5.41, 5.74) is -1.01. The van der Waals surface area contributed by atoms with E-state index in [-0.39, 0.29) is 34.3 Å². The van der Waals surface area contributed by atoms with Crippen LogP contribution in [0, 0.1) is 17.3 Å². The minimum atomic E-state index is -1.39.